The van der Waals surface area contributed by atoms with E-state index in [0.29, 0.717) is 16.5 Å². The van der Waals surface area contributed by atoms with Crippen molar-refractivity contribution < 1.29 is 19.1 Å². The van der Waals surface area contributed by atoms with Gasteiger partial charge in [0.1, 0.15) is 6.04 Å². The molecular formula is C19H17ClN2O4. The molecule has 26 heavy (non-hydrogen) atoms. The third kappa shape index (κ3) is 2.76. The van der Waals surface area contributed by atoms with Gasteiger partial charge in [0.15, 0.2) is 11.5 Å². The predicted molar refractivity (Wildman–Crippen MR) is 96.5 cm³/mol. The number of anilines is 1. The smallest absolute Gasteiger partial charge is 0.254 e. The Morgan fingerprint density at radius 3 is 2.73 bits per heavy atom. The molecular weight excluding hydrogens is 356 g/mol. The monoisotopic (exact) mass is 372 g/mol. The standard InChI is InChI=1S/C19H17ClN2O4/c1-10-3-4-15-13(5-10)18(21-11(2)23)19(24)22(15)8-12-6-16-17(7-14(12)20)26-9-25-16/h3-7,18H,8-9H2,1-2H3,(H,21,23)/t18-/m0/s1. The Morgan fingerprint density at radius 1 is 1.27 bits per heavy atom. The highest BCUT2D eigenvalue weighted by molar-refractivity contribution is 6.31. The molecule has 0 spiro atoms. The van der Waals surface area contributed by atoms with E-state index in [2.05, 4.69) is 5.32 Å². The maximum atomic E-state index is 13.0. The summed E-state index contributed by atoms with van der Waals surface area (Å²) in [5.74, 6) is 0.769. The number of fused-ring (bicyclic) bond motifs is 2. The van der Waals surface area contributed by atoms with Crippen LogP contribution in [-0.2, 0) is 16.1 Å². The van der Waals surface area contributed by atoms with E-state index in [1.54, 1.807) is 17.0 Å². The minimum atomic E-state index is -0.685. The van der Waals surface area contributed by atoms with Crippen LogP contribution in [0.1, 0.15) is 29.7 Å². The van der Waals surface area contributed by atoms with Gasteiger partial charge in [-0.1, -0.05) is 29.3 Å². The van der Waals surface area contributed by atoms with Crippen molar-refractivity contribution >= 4 is 29.1 Å². The number of hydrogen-bond acceptors (Lipinski definition) is 4. The van der Waals surface area contributed by atoms with Crippen molar-refractivity contribution in [1.82, 2.24) is 5.32 Å². The van der Waals surface area contributed by atoms with Gasteiger partial charge < -0.3 is 19.7 Å². The van der Waals surface area contributed by atoms with E-state index in [0.717, 1.165) is 22.4 Å². The molecule has 0 aliphatic carbocycles. The zero-order chi connectivity index (χ0) is 18.4. The molecule has 0 bridgehead atoms. The average Bonchev–Trinajstić information content (AvgIpc) is 3.12. The Morgan fingerprint density at radius 2 is 2.00 bits per heavy atom. The first-order valence-corrected chi connectivity index (χ1v) is 8.59. The molecule has 0 saturated carbocycles. The Kier molecular flexibility index (Phi) is 4.00. The van der Waals surface area contributed by atoms with Crippen molar-refractivity contribution in [2.24, 2.45) is 0 Å². The van der Waals surface area contributed by atoms with Crippen molar-refractivity contribution in [2.75, 3.05) is 11.7 Å². The highest BCUT2D eigenvalue weighted by Crippen LogP contribution is 2.41. The van der Waals surface area contributed by atoms with Gasteiger partial charge >= 0.3 is 0 Å². The molecule has 6 nitrogen and oxygen atoms in total. The van der Waals surface area contributed by atoms with E-state index in [4.69, 9.17) is 21.1 Å². The number of nitrogens with one attached hydrogen (secondary N) is 1. The van der Waals surface area contributed by atoms with E-state index in [-0.39, 0.29) is 25.2 Å². The van der Waals surface area contributed by atoms with Gasteiger partial charge in [0.25, 0.3) is 5.91 Å². The molecule has 2 aromatic rings. The summed E-state index contributed by atoms with van der Waals surface area (Å²) in [5.41, 5.74) is 3.34. The van der Waals surface area contributed by atoms with Crippen LogP contribution in [0.5, 0.6) is 11.5 Å². The Labute approximate surface area is 155 Å². The topological polar surface area (TPSA) is 67.9 Å². The number of benzene rings is 2. The van der Waals surface area contributed by atoms with Gasteiger partial charge in [-0.15, -0.1) is 0 Å². The van der Waals surface area contributed by atoms with E-state index < -0.39 is 6.04 Å². The molecule has 1 atom stereocenters. The molecule has 0 radical (unpaired) electrons. The first-order valence-electron chi connectivity index (χ1n) is 8.21. The maximum absolute atomic E-state index is 13.0. The van der Waals surface area contributed by atoms with Crippen molar-refractivity contribution in [3.8, 4) is 11.5 Å². The summed E-state index contributed by atoms with van der Waals surface area (Å²) in [4.78, 5) is 26.2. The van der Waals surface area contributed by atoms with E-state index in [9.17, 15) is 9.59 Å². The van der Waals surface area contributed by atoms with Crippen LogP contribution in [0.2, 0.25) is 5.02 Å². The fourth-order valence-corrected chi connectivity index (χ4v) is 3.53. The number of amides is 2. The van der Waals surface area contributed by atoms with Crippen molar-refractivity contribution in [2.45, 2.75) is 26.4 Å². The minimum absolute atomic E-state index is 0.157. The van der Waals surface area contributed by atoms with Crippen LogP contribution in [0.3, 0.4) is 0 Å². The summed E-state index contributed by atoms with van der Waals surface area (Å²) in [5, 5.41) is 3.24. The number of ether oxygens (including phenoxy) is 2. The molecule has 2 aromatic carbocycles. The highest BCUT2D eigenvalue weighted by atomic mass is 35.5. The third-order valence-corrected chi connectivity index (χ3v) is 4.87. The number of rotatable bonds is 3. The molecule has 1 N–H and O–H groups in total. The molecule has 4 rings (SSSR count). The van der Waals surface area contributed by atoms with Gasteiger partial charge in [0, 0.05) is 29.3 Å². The summed E-state index contributed by atoms with van der Waals surface area (Å²) in [7, 11) is 0. The van der Waals surface area contributed by atoms with Crippen LogP contribution < -0.4 is 19.7 Å². The summed E-state index contributed by atoms with van der Waals surface area (Å²) in [6.07, 6.45) is 0. The summed E-state index contributed by atoms with van der Waals surface area (Å²) in [6.45, 7) is 3.79. The fourth-order valence-electron chi connectivity index (χ4n) is 3.32. The van der Waals surface area contributed by atoms with E-state index in [1.807, 2.05) is 25.1 Å². The van der Waals surface area contributed by atoms with Gasteiger partial charge in [-0.25, -0.2) is 0 Å². The van der Waals surface area contributed by atoms with Crippen LogP contribution in [0.25, 0.3) is 0 Å². The summed E-state index contributed by atoms with van der Waals surface area (Å²) in [6, 6.07) is 8.56. The molecule has 2 aliphatic heterocycles. The number of halogens is 1. The molecule has 0 fully saturated rings. The lowest BCUT2D eigenvalue weighted by Gasteiger charge is -2.19. The normalized spacial score (nSPS) is 17.4. The van der Waals surface area contributed by atoms with Gasteiger partial charge in [-0.2, -0.15) is 0 Å². The predicted octanol–water partition coefficient (Wildman–Crippen LogP) is 3.10. The first-order chi connectivity index (χ1) is 12.4. The number of hydrogen-bond donors (Lipinski definition) is 1. The summed E-state index contributed by atoms with van der Waals surface area (Å²) >= 11 is 6.36. The van der Waals surface area contributed by atoms with Crippen LogP contribution in [0.4, 0.5) is 5.69 Å². The fraction of sp³-hybridized carbons (Fsp3) is 0.263. The molecule has 0 saturated heterocycles. The second-order valence-corrected chi connectivity index (χ2v) is 6.82. The van der Waals surface area contributed by atoms with Crippen LogP contribution >= 0.6 is 11.6 Å². The second-order valence-electron chi connectivity index (χ2n) is 6.42. The molecule has 0 unspecified atom stereocenters. The van der Waals surface area contributed by atoms with Gasteiger partial charge in [-0.05, 0) is 24.6 Å². The number of carbonyl (C=O) groups is 2. The largest absolute Gasteiger partial charge is 0.454 e. The quantitative estimate of drug-likeness (QED) is 0.899. The first kappa shape index (κ1) is 16.7. The minimum Gasteiger partial charge on any atom is -0.454 e. The van der Waals surface area contributed by atoms with Gasteiger partial charge in [0.2, 0.25) is 12.7 Å². The van der Waals surface area contributed by atoms with Crippen molar-refractivity contribution in [3.05, 3.63) is 52.0 Å². The van der Waals surface area contributed by atoms with Crippen molar-refractivity contribution in [1.29, 1.82) is 0 Å². The number of nitrogens with zero attached hydrogens (tertiary/aromatic N) is 1. The Hall–Kier alpha value is -2.73. The number of carbonyl (C=O) groups excluding carboxylic acids is 2. The van der Waals surface area contributed by atoms with Crippen LogP contribution in [0.15, 0.2) is 30.3 Å². The maximum Gasteiger partial charge on any atom is 0.254 e. The van der Waals surface area contributed by atoms with E-state index in [1.165, 1.54) is 6.92 Å². The molecule has 7 heteroatoms. The molecule has 0 aromatic heterocycles. The number of aryl methyl sites for hydroxylation is 1. The van der Waals surface area contributed by atoms with Crippen LogP contribution in [0, 0.1) is 6.92 Å². The van der Waals surface area contributed by atoms with Gasteiger partial charge in [-0.3, -0.25) is 9.59 Å². The lowest BCUT2D eigenvalue weighted by molar-refractivity contribution is -0.126. The van der Waals surface area contributed by atoms with Gasteiger partial charge in [0.05, 0.1) is 6.54 Å². The van der Waals surface area contributed by atoms with Crippen LogP contribution in [-0.4, -0.2) is 18.6 Å². The SMILES string of the molecule is CC(=O)N[C@@H]1C(=O)N(Cc2cc3c(cc2Cl)OCO3)c2ccc(C)cc21. The Balaban J connectivity index is 1.71. The zero-order valence-corrected chi connectivity index (χ0v) is 15.1. The lowest BCUT2D eigenvalue weighted by Crippen LogP contribution is -2.36. The molecule has 2 amide bonds. The summed E-state index contributed by atoms with van der Waals surface area (Å²) < 4.78 is 10.7. The highest BCUT2D eigenvalue weighted by Gasteiger charge is 2.38. The molecule has 134 valence electrons. The lowest BCUT2D eigenvalue weighted by atomic mass is 10.1. The third-order valence-electron chi connectivity index (χ3n) is 4.52. The van der Waals surface area contributed by atoms with E-state index >= 15 is 0 Å². The van der Waals surface area contributed by atoms with Crippen molar-refractivity contribution in [3.63, 3.8) is 0 Å². The molecule has 2 heterocycles. The Bertz CT molecular complexity index is 928. The second kappa shape index (κ2) is 6.21. The molecule has 2 aliphatic rings. The zero-order valence-electron chi connectivity index (χ0n) is 14.3. The average molecular weight is 373 g/mol.